The van der Waals surface area contributed by atoms with Crippen LogP contribution in [0.4, 0.5) is 23.2 Å². The number of hydrogen-bond donors (Lipinski definition) is 0. The number of rotatable bonds is 6. The van der Waals surface area contributed by atoms with Gasteiger partial charge in [-0.05, 0) is 18.2 Å². The van der Waals surface area contributed by atoms with Crippen LogP contribution >= 0.6 is 0 Å². The lowest BCUT2D eigenvalue weighted by atomic mass is 10.1. The smallest absolute Gasteiger partial charge is 0.416 e. The first-order chi connectivity index (χ1) is 17.2. The Morgan fingerprint density at radius 3 is 2.61 bits per heavy atom. The molecule has 0 bridgehead atoms. The summed E-state index contributed by atoms with van der Waals surface area (Å²) in [5, 5.41) is 11.9. The third kappa shape index (κ3) is 4.61. The van der Waals surface area contributed by atoms with Crippen LogP contribution in [-0.4, -0.2) is 53.9 Å². The summed E-state index contributed by atoms with van der Waals surface area (Å²) in [6.45, 7) is 0.951. The van der Waals surface area contributed by atoms with Gasteiger partial charge in [-0.25, -0.2) is 18.7 Å². The molecule has 1 saturated heterocycles. The van der Waals surface area contributed by atoms with E-state index in [1.165, 1.54) is 36.4 Å². The molecule has 0 spiro atoms. The zero-order valence-corrected chi connectivity index (χ0v) is 18.7. The number of nitrogens with zero attached hydrogens (tertiary/aromatic N) is 8. The summed E-state index contributed by atoms with van der Waals surface area (Å²) in [4.78, 5) is 22.7. The van der Waals surface area contributed by atoms with Gasteiger partial charge in [0.05, 0.1) is 49.0 Å². The maximum Gasteiger partial charge on any atom is 0.416 e. The van der Waals surface area contributed by atoms with Crippen LogP contribution in [0.5, 0.6) is 5.88 Å². The van der Waals surface area contributed by atoms with E-state index in [9.17, 15) is 22.4 Å². The molecule has 1 fully saturated rings. The predicted octanol–water partition coefficient (Wildman–Crippen LogP) is 2.30. The van der Waals surface area contributed by atoms with Crippen molar-refractivity contribution in [2.75, 3.05) is 18.0 Å². The number of aromatic nitrogens is 7. The van der Waals surface area contributed by atoms with Crippen molar-refractivity contribution in [3.8, 4) is 17.1 Å². The molecule has 0 N–H and O–H groups in total. The lowest BCUT2D eigenvalue weighted by Gasteiger charge is -2.39. The molecule has 1 aliphatic rings. The molecule has 0 amide bonds. The first-order valence-electron chi connectivity index (χ1n) is 10.7. The number of anilines is 1. The van der Waals surface area contributed by atoms with Gasteiger partial charge >= 0.3 is 6.18 Å². The Hall–Kier alpha value is -4.36. The van der Waals surface area contributed by atoms with Gasteiger partial charge in [-0.15, -0.1) is 5.10 Å². The summed E-state index contributed by atoms with van der Waals surface area (Å²) in [5.41, 5.74) is -0.771. The highest BCUT2D eigenvalue weighted by Crippen LogP contribution is 2.33. The van der Waals surface area contributed by atoms with Gasteiger partial charge in [-0.2, -0.15) is 18.3 Å². The highest BCUT2D eigenvalue weighted by molar-refractivity contribution is 5.62. The fourth-order valence-corrected chi connectivity index (χ4v) is 3.74. The second-order valence-corrected chi connectivity index (χ2v) is 8.10. The summed E-state index contributed by atoms with van der Waals surface area (Å²) in [5.74, 6) is -0.681. The van der Waals surface area contributed by atoms with E-state index in [2.05, 4.69) is 25.4 Å². The Bertz CT molecular complexity index is 1450. The molecule has 186 valence electrons. The van der Waals surface area contributed by atoms with Crippen molar-refractivity contribution in [1.82, 2.24) is 34.7 Å². The Labute approximate surface area is 200 Å². The van der Waals surface area contributed by atoms with Crippen molar-refractivity contribution in [3.63, 3.8) is 0 Å². The molecule has 0 radical (unpaired) electrons. The average molecular weight is 502 g/mol. The minimum Gasteiger partial charge on any atom is -0.469 e. The van der Waals surface area contributed by atoms with Gasteiger partial charge in [-0.1, -0.05) is 5.21 Å². The topological polar surface area (TPSA) is 104 Å². The highest BCUT2D eigenvalue weighted by Gasteiger charge is 2.32. The van der Waals surface area contributed by atoms with Gasteiger partial charge in [-0.3, -0.25) is 9.78 Å². The van der Waals surface area contributed by atoms with E-state index in [1.807, 2.05) is 4.90 Å². The van der Waals surface area contributed by atoms with E-state index in [4.69, 9.17) is 4.74 Å². The standard InChI is InChI=1S/C22H18F4N8O2/c1-32-18(21(30-31-32)16-3-2-13(6-17(16)23)22(24,25)26)12-34-20(35)7-14(8-29-34)33-10-15(11-33)36-19-9-27-4-5-28-19/h2-9,15H,10-12H2,1H3. The zero-order valence-electron chi connectivity index (χ0n) is 18.7. The summed E-state index contributed by atoms with van der Waals surface area (Å²) in [6.07, 6.45) is 1.33. The SMILES string of the molecule is Cn1nnc(-c2ccc(C(F)(F)F)cc2F)c1Cn1ncc(N2CC(Oc3cnccn3)C2)cc1=O. The van der Waals surface area contributed by atoms with Crippen molar-refractivity contribution in [3.05, 3.63) is 76.5 Å². The molecular weight excluding hydrogens is 484 g/mol. The van der Waals surface area contributed by atoms with Crippen molar-refractivity contribution in [2.45, 2.75) is 18.8 Å². The van der Waals surface area contributed by atoms with E-state index in [0.717, 1.165) is 16.8 Å². The van der Waals surface area contributed by atoms with E-state index in [-0.39, 0.29) is 23.9 Å². The van der Waals surface area contributed by atoms with Gasteiger partial charge < -0.3 is 9.64 Å². The Morgan fingerprint density at radius 2 is 1.94 bits per heavy atom. The number of hydrogen-bond acceptors (Lipinski definition) is 8. The first-order valence-corrected chi connectivity index (χ1v) is 10.7. The average Bonchev–Trinajstić information content (AvgIpc) is 3.17. The summed E-state index contributed by atoms with van der Waals surface area (Å²) in [7, 11) is 1.53. The van der Waals surface area contributed by atoms with E-state index >= 15 is 0 Å². The predicted molar refractivity (Wildman–Crippen MR) is 118 cm³/mol. The number of ether oxygens (including phenoxy) is 1. The summed E-state index contributed by atoms with van der Waals surface area (Å²) >= 11 is 0. The molecule has 5 rings (SSSR count). The maximum absolute atomic E-state index is 14.5. The fourth-order valence-electron chi connectivity index (χ4n) is 3.74. The molecule has 0 saturated carbocycles. The van der Waals surface area contributed by atoms with Crippen molar-refractivity contribution < 1.29 is 22.3 Å². The molecule has 36 heavy (non-hydrogen) atoms. The molecule has 10 nitrogen and oxygen atoms in total. The van der Waals surface area contributed by atoms with Gasteiger partial charge in [0.1, 0.15) is 17.6 Å². The van der Waals surface area contributed by atoms with Gasteiger partial charge in [0.2, 0.25) is 5.88 Å². The minimum atomic E-state index is -4.68. The molecule has 1 aromatic carbocycles. The maximum atomic E-state index is 14.5. The lowest BCUT2D eigenvalue weighted by Crippen LogP contribution is -2.54. The molecule has 0 atom stereocenters. The van der Waals surface area contributed by atoms with Crippen molar-refractivity contribution >= 4 is 5.69 Å². The second-order valence-electron chi connectivity index (χ2n) is 8.10. The van der Waals surface area contributed by atoms with E-state index in [1.54, 1.807) is 6.20 Å². The van der Waals surface area contributed by atoms with Crippen LogP contribution < -0.4 is 15.2 Å². The van der Waals surface area contributed by atoms with Crippen LogP contribution in [0.15, 0.2) is 53.8 Å². The third-order valence-corrected chi connectivity index (χ3v) is 5.69. The largest absolute Gasteiger partial charge is 0.469 e. The molecule has 14 heteroatoms. The number of benzene rings is 1. The quantitative estimate of drug-likeness (QED) is 0.370. The minimum absolute atomic E-state index is 0.0215. The normalized spacial score (nSPS) is 14.1. The Kier molecular flexibility index (Phi) is 5.86. The summed E-state index contributed by atoms with van der Waals surface area (Å²) in [6, 6.07) is 3.58. The van der Waals surface area contributed by atoms with Crippen molar-refractivity contribution in [1.29, 1.82) is 0 Å². The highest BCUT2D eigenvalue weighted by atomic mass is 19.4. The number of alkyl halides is 3. The molecule has 0 aliphatic carbocycles. The summed E-state index contributed by atoms with van der Waals surface area (Å²) < 4.78 is 61.4. The first kappa shape index (κ1) is 23.4. The molecule has 4 aromatic rings. The lowest BCUT2D eigenvalue weighted by molar-refractivity contribution is -0.137. The second kappa shape index (κ2) is 9.02. The van der Waals surface area contributed by atoms with Crippen LogP contribution in [0.2, 0.25) is 0 Å². The molecular formula is C22H18F4N8O2. The monoisotopic (exact) mass is 502 g/mol. The van der Waals surface area contributed by atoms with Gasteiger partial charge in [0.25, 0.3) is 5.56 Å². The molecule has 0 unspecified atom stereocenters. The van der Waals surface area contributed by atoms with E-state index < -0.39 is 23.1 Å². The molecule has 1 aliphatic heterocycles. The van der Waals surface area contributed by atoms with Gasteiger partial charge in [0, 0.05) is 31.1 Å². The fraction of sp³-hybridized carbons (Fsp3) is 0.273. The van der Waals surface area contributed by atoms with E-state index in [0.29, 0.717) is 36.4 Å². The van der Waals surface area contributed by atoms with Crippen LogP contribution in [0.1, 0.15) is 11.3 Å². The van der Waals surface area contributed by atoms with Crippen LogP contribution in [0.25, 0.3) is 11.3 Å². The third-order valence-electron chi connectivity index (χ3n) is 5.69. The van der Waals surface area contributed by atoms with Gasteiger partial charge in [0.15, 0.2) is 0 Å². The Balaban J connectivity index is 1.31. The number of halogens is 4. The van der Waals surface area contributed by atoms with Crippen LogP contribution in [0.3, 0.4) is 0 Å². The Morgan fingerprint density at radius 1 is 1.14 bits per heavy atom. The zero-order chi connectivity index (χ0) is 25.4. The van der Waals surface area contributed by atoms with Crippen LogP contribution in [-0.2, 0) is 19.8 Å². The number of aryl methyl sites for hydroxylation is 1. The molecule has 4 heterocycles. The van der Waals surface area contributed by atoms with Crippen molar-refractivity contribution in [2.24, 2.45) is 7.05 Å². The molecule has 3 aromatic heterocycles. The van der Waals surface area contributed by atoms with Crippen LogP contribution in [0, 0.1) is 5.82 Å².